The van der Waals surface area contributed by atoms with Crippen LogP contribution in [0.15, 0.2) is 0 Å². The van der Waals surface area contributed by atoms with Crippen molar-refractivity contribution in [3.8, 4) is 0 Å². The van der Waals surface area contributed by atoms with Crippen LogP contribution in [0.3, 0.4) is 0 Å². The van der Waals surface area contributed by atoms with Crippen LogP contribution < -0.4 is 0 Å². The van der Waals surface area contributed by atoms with Gasteiger partial charge < -0.3 is 9.80 Å². The van der Waals surface area contributed by atoms with E-state index in [1.54, 1.807) is 0 Å². The summed E-state index contributed by atoms with van der Waals surface area (Å²) in [7, 11) is 4.29. The Hall–Kier alpha value is 0.270. The molecule has 16 heavy (non-hydrogen) atoms. The summed E-state index contributed by atoms with van der Waals surface area (Å²) in [5.74, 6) is 1.04. The van der Waals surface area contributed by atoms with Gasteiger partial charge in [0.1, 0.15) is 0 Å². The van der Waals surface area contributed by atoms with Gasteiger partial charge in [0.05, 0.1) is 0 Å². The third-order valence-corrected chi connectivity index (χ3v) is 3.23. The quantitative estimate of drug-likeness (QED) is 0.442. The van der Waals surface area contributed by atoms with Crippen molar-refractivity contribution in [1.82, 2.24) is 9.80 Å². The number of hydrogen-bond acceptors (Lipinski definition) is 3. The number of hydrogen-bond donors (Lipinski definition) is 1. The normalized spacial score (nSPS) is 11.6. The second-order valence-corrected chi connectivity index (χ2v) is 5.18. The molecular weight excluding hydrogens is 216 g/mol. The molecule has 0 radical (unpaired) electrons. The first-order chi connectivity index (χ1) is 7.70. The summed E-state index contributed by atoms with van der Waals surface area (Å²) >= 11 is 4.23. The Bertz CT molecular complexity index is 140. The zero-order valence-electron chi connectivity index (χ0n) is 11.4. The minimum Gasteiger partial charge on any atom is -0.309 e. The lowest BCUT2D eigenvalue weighted by Crippen LogP contribution is -2.28. The Morgan fingerprint density at radius 3 is 2.00 bits per heavy atom. The van der Waals surface area contributed by atoms with Crippen molar-refractivity contribution in [1.29, 1.82) is 0 Å². The van der Waals surface area contributed by atoms with Gasteiger partial charge in [-0.3, -0.25) is 0 Å². The summed E-state index contributed by atoms with van der Waals surface area (Å²) in [4.78, 5) is 4.84. The third kappa shape index (κ3) is 10.8. The van der Waals surface area contributed by atoms with E-state index in [2.05, 4.69) is 43.4 Å². The summed E-state index contributed by atoms with van der Waals surface area (Å²) in [6.07, 6.45) is 6.63. The van der Waals surface area contributed by atoms with E-state index in [0.29, 0.717) is 0 Å². The molecule has 0 unspecified atom stereocenters. The van der Waals surface area contributed by atoms with Crippen LogP contribution in [0.5, 0.6) is 0 Å². The van der Waals surface area contributed by atoms with Gasteiger partial charge in [0.15, 0.2) is 0 Å². The maximum absolute atomic E-state index is 4.23. The molecule has 0 aromatic rings. The average molecular weight is 246 g/mol. The van der Waals surface area contributed by atoms with Crippen LogP contribution in [0.2, 0.25) is 0 Å². The van der Waals surface area contributed by atoms with E-state index in [1.165, 1.54) is 58.3 Å². The van der Waals surface area contributed by atoms with Crippen molar-refractivity contribution in [3.63, 3.8) is 0 Å². The van der Waals surface area contributed by atoms with E-state index in [0.717, 1.165) is 5.75 Å². The summed E-state index contributed by atoms with van der Waals surface area (Å²) in [6.45, 7) is 7.19. The highest BCUT2D eigenvalue weighted by molar-refractivity contribution is 7.80. The Kier molecular flexibility index (Phi) is 11.9. The van der Waals surface area contributed by atoms with Crippen LogP contribution in [-0.2, 0) is 0 Å². The summed E-state index contributed by atoms with van der Waals surface area (Å²) in [6, 6.07) is 0. The number of unbranched alkanes of at least 4 members (excludes halogenated alkanes) is 3. The van der Waals surface area contributed by atoms with E-state index < -0.39 is 0 Å². The van der Waals surface area contributed by atoms with Gasteiger partial charge in [-0.15, -0.1) is 0 Å². The zero-order valence-corrected chi connectivity index (χ0v) is 12.3. The predicted octanol–water partition coefficient (Wildman–Crippen LogP) is 2.75. The van der Waals surface area contributed by atoms with Crippen LogP contribution in [0.25, 0.3) is 0 Å². The summed E-state index contributed by atoms with van der Waals surface area (Å²) in [5.41, 5.74) is 0. The average Bonchev–Trinajstić information content (AvgIpc) is 2.26. The smallest absolute Gasteiger partial charge is 0.000667 e. The standard InChI is InChI=1S/C13H30N2S/c1-4-15(12-9-10-14(2)3)11-7-5-6-8-13-16/h16H,4-13H2,1-3H3. The highest BCUT2D eigenvalue weighted by atomic mass is 32.1. The van der Waals surface area contributed by atoms with E-state index in [9.17, 15) is 0 Å². The molecular formula is C13H30N2S. The number of rotatable bonds is 11. The van der Waals surface area contributed by atoms with Crippen LogP contribution in [0.4, 0.5) is 0 Å². The van der Waals surface area contributed by atoms with Crippen molar-refractivity contribution >= 4 is 12.6 Å². The van der Waals surface area contributed by atoms with Gasteiger partial charge in [-0.25, -0.2) is 0 Å². The monoisotopic (exact) mass is 246 g/mol. The Morgan fingerprint density at radius 1 is 0.812 bits per heavy atom. The van der Waals surface area contributed by atoms with E-state index >= 15 is 0 Å². The highest BCUT2D eigenvalue weighted by Crippen LogP contribution is 2.03. The minimum atomic E-state index is 1.04. The van der Waals surface area contributed by atoms with Crippen molar-refractivity contribution in [2.75, 3.05) is 46.0 Å². The molecule has 0 fully saturated rings. The van der Waals surface area contributed by atoms with E-state index in [1.807, 2.05) is 0 Å². The largest absolute Gasteiger partial charge is 0.309 e. The van der Waals surface area contributed by atoms with Gasteiger partial charge in [0.25, 0.3) is 0 Å². The Balaban J connectivity index is 3.36. The molecule has 0 amide bonds. The van der Waals surface area contributed by atoms with Crippen molar-refractivity contribution in [2.45, 2.75) is 39.0 Å². The first-order valence-electron chi connectivity index (χ1n) is 6.68. The molecule has 0 spiro atoms. The van der Waals surface area contributed by atoms with Crippen molar-refractivity contribution in [3.05, 3.63) is 0 Å². The number of thiol groups is 1. The van der Waals surface area contributed by atoms with Crippen LogP contribution in [-0.4, -0.2) is 55.8 Å². The second kappa shape index (κ2) is 11.7. The lowest BCUT2D eigenvalue weighted by Gasteiger charge is -2.21. The topological polar surface area (TPSA) is 6.48 Å². The second-order valence-electron chi connectivity index (χ2n) is 4.73. The molecule has 0 aromatic heterocycles. The van der Waals surface area contributed by atoms with Crippen LogP contribution in [0, 0.1) is 0 Å². The molecule has 0 rings (SSSR count). The molecule has 0 aliphatic carbocycles. The molecule has 0 heterocycles. The van der Waals surface area contributed by atoms with Crippen LogP contribution in [0.1, 0.15) is 39.0 Å². The first kappa shape index (κ1) is 16.3. The molecule has 3 heteroatoms. The fraction of sp³-hybridized carbons (Fsp3) is 1.00. The molecule has 98 valence electrons. The number of nitrogens with zero attached hydrogens (tertiary/aromatic N) is 2. The summed E-state index contributed by atoms with van der Waals surface area (Å²) < 4.78 is 0. The van der Waals surface area contributed by atoms with Gasteiger partial charge in [-0.1, -0.05) is 19.8 Å². The van der Waals surface area contributed by atoms with E-state index in [-0.39, 0.29) is 0 Å². The predicted molar refractivity (Wildman–Crippen MR) is 77.6 cm³/mol. The van der Waals surface area contributed by atoms with Crippen molar-refractivity contribution < 1.29 is 0 Å². The molecule has 0 bridgehead atoms. The van der Waals surface area contributed by atoms with Gasteiger partial charge in [0.2, 0.25) is 0 Å². The zero-order chi connectivity index (χ0) is 12.2. The van der Waals surface area contributed by atoms with Gasteiger partial charge in [0, 0.05) is 0 Å². The fourth-order valence-corrected chi connectivity index (χ4v) is 2.06. The van der Waals surface area contributed by atoms with Gasteiger partial charge >= 0.3 is 0 Å². The third-order valence-electron chi connectivity index (χ3n) is 2.91. The van der Waals surface area contributed by atoms with Crippen LogP contribution >= 0.6 is 12.6 Å². The van der Waals surface area contributed by atoms with E-state index in [4.69, 9.17) is 0 Å². The fourth-order valence-electron chi connectivity index (χ4n) is 1.84. The maximum Gasteiger partial charge on any atom is -0.000667 e. The molecule has 2 nitrogen and oxygen atoms in total. The molecule has 0 saturated carbocycles. The lowest BCUT2D eigenvalue weighted by atomic mass is 10.2. The molecule has 0 aromatic carbocycles. The molecule has 0 saturated heterocycles. The molecule has 0 aliphatic rings. The Labute approximate surface area is 108 Å². The maximum atomic E-state index is 4.23. The molecule has 0 N–H and O–H groups in total. The lowest BCUT2D eigenvalue weighted by molar-refractivity contribution is 0.261. The summed E-state index contributed by atoms with van der Waals surface area (Å²) in [5, 5.41) is 0. The Morgan fingerprint density at radius 2 is 1.44 bits per heavy atom. The minimum absolute atomic E-state index is 1.04. The highest BCUT2D eigenvalue weighted by Gasteiger charge is 2.01. The molecule has 0 aliphatic heterocycles. The van der Waals surface area contributed by atoms with Crippen molar-refractivity contribution in [2.24, 2.45) is 0 Å². The van der Waals surface area contributed by atoms with Gasteiger partial charge in [-0.2, -0.15) is 12.6 Å². The van der Waals surface area contributed by atoms with Gasteiger partial charge in [-0.05, 0) is 65.3 Å². The molecule has 0 atom stereocenters. The SMILES string of the molecule is CCN(CCCCCCS)CCCN(C)C. The first-order valence-corrected chi connectivity index (χ1v) is 7.32.